The van der Waals surface area contributed by atoms with Gasteiger partial charge >= 0.3 is 0 Å². The van der Waals surface area contributed by atoms with Crippen LogP contribution in [-0.2, 0) is 9.59 Å². The van der Waals surface area contributed by atoms with Crippen LogP contribution in [0.15, 0.2) is 24.4 Å². The first-order valence-electron chi connectivity index (χ1n) is 9.09. The molecule has 1 aliphatic heterocycles. The molecule has 0 N–H and O–H groups in total. The molecule has 6 nitrogen and oxygen atoms in total. The fourth-order valence-electron chi connectivity index (χ4n) is 3.14. The highest BCUT2D eigenvalue weighted by molar-refractivity contribution is 6.04. The Morgan fingerprint density at radius 1 is 1.20 bits per heavy atom. The normalized spacial score (nSPS) is 15.2. The molecule has 1 fully saturated rings. The monoisotopic (exact) mass is 346 g/mol. The van der Waals surface area contributed by atoms with Crippen LogP contribution in [0.2, 0.25) is 0 Å². The number of hydrogen-bond donors (Lipinski definition) is 0. The fourth-order valence-corrected chi connectivity index (χ4v) is 3.14. The second-order valence-corrected chi connectivity index (χ2v) is 7.17. The lowest BCUT2D eigenvalue weighted by molar-refractivity contribution is -0.153. The van der Waals surface area contributed by atoms with Gasteiger partial charge in [0.1, 0.15) is 11.2 Å². The van der Waals surface area contributed by atoms with E-state index in [-0.39, 0.29) is 11.8 Å². The molecule has 0 spiro atoms. The summed E-state index contributed by atoms with van der Waals surface area (Å²) in [6.07, 6.45) is 3.76. The average molecular weight is 346 g/mol. The number of pyridine rings is 1. The van der Waals surface area contributed by atoms with Gasteiger partial charge in [-0.1, -0.05) is 19.4 Å². The molecule has 2 amide bonds. The second kappa shape index (κ2) is 8.32. The first-order valence-corrected chi connectivity index (χ1v) is 9.09. The van der Waals surface area contributed by atoms with E-state index >= 15 is 0 Å². The summed E-state index contributed by atoms with van der Waals surface area (Å²) in [4.78, 5) is 35.7. The van der Waals surface area contributed by atoms with E-state index in [2.05, 4.69) is 16.8 Å². The number of hydrogen-bond acceptors (Lipinski definition) is 4. The van der Waals surface area contributed by atoms with Crippen LogP contribution in [0.3, 0.4) is 0 Å². The van der Waals surface area contributed by atoms with Gasteiger partial charge in [0.25, 0.3) is 0 Å². The number of nitrogens with zero attached hydrogens (tertiary/aromatic N) is 4. The van der Waals surface area contributed by atoms with Crippen LogP contribution in [0, 0.1) is 5.41 Å². The van der Waals surface area contributed by atoms with Crippen molar-refractivity contribution in [1.82, 2.24) is 14.8 Å². The quantitative estimate of drug-likeness (QED) is 0.740. The number of carbonyl (C=O) groups is 2. The van der Waals surface area contributed by atoms with Gasteiger partial charge in [-0.25, -0.2) is 4.98 Å². The van der Waals surface area contributed by atoms with E-state index in [0.717, 1.165) is 31.7 Å². The fraction of sp³-hybridized carbons (Fsp3) is 0.632. The maximum absolute atomic E-state index is 12.9. The van der Waals surface area contributed by atoms with Gasteiger partial charge in [-0.05, 0) is 32.4 Å². The zero-order valence-corrected chi connectivity index (χ0v) is 15.9. The largest absolute Gasteiger partial charge is 0.353 e. The van der Waals surface area contributed by atoms with Gasteiger partial charge in [0, 0.05) is 46.0 Å². The standard InChI is InChI=1S/C19H30N4O2/c1-5-6-11-21(4)17(24)19(2,3)18(25)23-14-12-22(13-15-23)16-9-7-8-10-20-16/h7-10H,5-6,11-15H2,1-4H3. The summed E-state index contributed by atoms with van der Waals surface area (Å²) in [7, 11) is 1.78. The Labute approximate surface area is 150 Å². The van der Waals surface area contributed by atoms with Crippen LogP contribution in [-0.4, -0.2) is 66.4 Å². The molecule has 1 aromatic heterocycles. The molecule has 2 heterocycles. The highest BCUT2D eigenvalue weighted by atomic mass is 16.2. The number of aromatic nitrogens is 1. The zero-order valence-electron chi connectivity index (χ0n) is 15.9. The van der Waals surface area contributed by atoms with Crippen molar-refractivity contribution in [2.24, 2.45) is 5.41 Å². The van der Waals surface area contributed by atoms with E-state index in [0.29, 0.717) is 19.6 Å². The molecule has 0 radical (unpaired) electrons. The maximum atomic E-state index is 12.9. The van der Waals surface area contributed by atoms with Crippen molar-refractivity contribution >= 4 is 17.6 Å². The van der Waals surface area contributed by atoms with Crippen LogP contribution in [0.5, 0.6) is 0 Å². The molecular weight excluding hydrogens is 316 g/mol. The molecule has 0 bridgehead atoms. The minimum atomic E-state index is -1.02. The third-order valence-corrected chi connectivity index (χ3v) is 4.80. The van der Waals surface area contributed by atoms with Gasteiger partial charge in [-0.2, -0.15) is 0 Å². The molecular formula is C19H30N4O2. The number of piperazine rings is 1. The molecule has 1 saturated heterocycles. The van der Waals surface area contributed by atoms with E-state index in [1.54, 1.807) is 32.0 Å². The molecule has 1 aliphatic rings. The Kier molecular flexibility index (Phi) is 6.39. The highest BCUT2D eigenvalue weighted by Crippen LogP contribution is 2.24. The summed E-state index contributed by atoms with van der Waals surface area (Å²) in [5.74, 6) is 0.754. The summed E-state index contributed by atoms with van der Waals surface area (Å²) >= 11 is 0. The molecule has 0 aliphatic carbocycles. The van der Waals surface area contributed by atoms with E-state index in [1.165, 1.54) is 0 Å². The van der Waals surface area contributed by atoms with Crippen molar-refractivity contribution in [3.63, 3.8) is 0 Å². The Bertz CT molecular complexity index is 580. The number of amides is 2. The summed E-state index contributed by atoms with van der Waals surface area (Å²) in [5.41, 5.74) is -1.02. The number of rotatable bonds is 6. The van der Waals surface area contributed by atoms with Gasteiger partial charge in [0.15, 0.2) is 0 Å². The van der Waals surface area contributed by atoms with E-state index in [1.807, 2.05) is 23.1 Å². The Hall–Kier alpha value is -2.11. The molecule has 6 heteroatoms. The molecule has 0 unspecified atom stereocenters. The van der Waals surface area contributed by atoms with E-state index in [9.17, 15) is 9.59 Å². The summed E-state index contributed by atoms with van der Waals surface area (Å²) in [6, 6.07) is 5.84. The summed E-state index contributed by atoms with van der Waals surface area (Å²) < 4.78 is 0. The van der Waals surface area contributed by atoms with Crippen molar-refractivity contribution < 1.29 is 9.59 Å². The Balaban J connectivity index is 1.95. The minimum absolute atomic E-state index is 0.0819. The average Bonchev–Trinajstić information content (AvgIpc) is 2.65. The molecule has 0 saturated carbocycles. The summed E-state index contributed by atoms with van der Waals surface area (Å²) in [6.45, 7) is 8.97. The van der Waals surface area contributed by atoms with Gasteiger partial charge in [-0.15, -0.1) is 0 Å². The van der Waals surface area contributed by atoms with E-state index in [4.69, 9.17) is 0 Å². The number of unbranched alkanes of at least 4 members (excludes halogenated alkanes) is 1. The lowest BCUT2D eigenvalue weighted by atomic mass is 9.89. The van der Waals surface area contributed by atoms with Crippen molar-refractivity contribution in [3.8, 4) is 0 Å². The lowest BCUT2D eigenvalue weighted by Gasteiger charge is -2.39. The third-order valence-electron chi connectivity index (χ3n) is 4.80. The molecule has 138 valence electrons. The van der Waals surface area contributed by atoms with Gasteiger partial charge < -0.3 is 14.7 Å². The van der Waals surface area contributed by atoms with Crippen LogP contribution in [0.25, 0.3) is 0 Å². The Morgan fingerprint density at radius 2 is 1.88 bits per heavy atom. The van der Waals surface area contributed by atoms with Crippen LogP contribution < -0.4 is 4.90 Å². The predicted octanol–water partition coefficient (Wildman–Crippen LogP) is 2.01. The van der Waals surface area contributed by atoms with E-state index < -0.39 is 5.41 Å². The van der Waals surface area contributed by atoms with Crippen LogP contribution >= 0.6 is 0 Å². The SMILES string of the molecule is CCCCN(C)C(=O)C(C)(C)C(=O)N1CCN(c2ccccn2)CC1. The molecule has 1 aromatic rings. The molecule has 2 rings (SSSR count). The first kappa shape index (κ1) is 19.2. The van der Waals surface area contributed by atoms with Crippen molar-refractivity contribution in [1.29, 1.82) is 0 Å². The smallest absolute Gasteiger partial charge is 0.237 e. The first-order chi connectivity index (χ1) is 11.9. The number of anilines is 1. The third kappa shape index (κ3) is 4.50. The molecule has 0 atom stereocenters. The number of carbonyl (C=O) groups excluding carboxylic acids is 2. The van der Waals surface area contributed by atoms with Crippen LogP contribution in [0.1, 0.15) is 33.6 Å². The van der Waals surface area contributed by atoms with Gasteiger partial charge in [0.05, 0.1) is 0 Å². The molecule has 25 heavy (non-hydrogen) atoms. The molecule has 0 aromatic carbocycles. The Morgan fingerprint density at radius 3 is 2.44 bits per heavy atom. The topological polar surface area (TPSA) is 56.8 Å². The second-order valence-electron chi connectivity index (χ2n) is 7.17. The highest BCUT2D eigenvalue weighted by Gasteiger charge is 2.41. The zero-order chi connectivity index (χ0) is 18.4. The van der Waals surface area contributed by atoms with Gasteiger partial charge in [0.2, 0.25) is 11.8 Å². The minimum Gasteiger partial charge on any atom is -0.353 e. The predicted molar refractivity (Wildman–Crippen MR) is 99.4 cm³/mol. The van der Waals surface area contributed by atoms with Gasteiger partial charge in [-0.3, -0.25) is 9.59 Å². The van der Waals surface area contributed by atoms with Crippen LogP contribution in [0.4, 0.5) is 5.82 Å². The van der Waals surface area contributed by atoms with Crippen molar-refractivity contribution in [2.45, 2.75) is 33.6 Å². The maximum Gasteiger partial charge on any atom is 0.237 e. The summed E-state index contributed by atoms with van der Waals surface area (Å²) in [5, 5.41) is 0. The van der Waals surface area contributed by atoms with Crippen molar-refractivity contribution in [3.05, 3.63) is 24.4 Å². The lowest BCUT2D eigenvalue weighted by Crippen LogP contribution is -2.55. The van der Waals surface area contributed by atoms with Crippen molar-refractivity contribution in [2.75, 3.05) is 44.7 Å².